The molecule has 0 radical (unpaired) electrons. The Morgan fingerprint density at radius 3 is 2.42 bits per heavy atom. The van der Waals surface area contributed by atoms with Gasteiger partial charge in [0.2, 0.25) is 0 Å². The highest BCUT2D eigenvalue weighted by atomic mass is 16.2. The Bertz CT molecular complexity index is 697. The van der Waals surface area contributed by atoms with Crippen LogP contribution >= 0.6 is 0 Å². The lowest BCUT2D eigenvalue weighted by molar-refractivity contribution is -0.132. The Labute approximate surface area is 143 Å². The minimum absolute atomic E-state index is 0.0683. The van der Waals surface area contributed by atoms with Gasteiger partial charge in [0.1, 0.15) is 0 Å². The summed E-state index contributed by atoms with van der Waals surface area (Å²) < 4.78 is 0. The first-order chi connectivity index (χ1) is 11.8. The molecule has 0 atom stereocenters. The van der Waals surface area contributed by atoms with Gasteiger partial charge in [0.25, 0.3) is 5.91 Å². The number of likely N-dealkylation sites (N-methyl/N-ethyl adjacent to an activating group) is 1. The van der Waals surface area contributed by atoms with Gasteiger partial charge in [0.05, 0.1) is 18.8 Å². The molecule has 1 heterocycles. The predicted molar refractivity (Wildman–Crippen MR) is 96.7 cm³/mol. The lowest BCUT2D eigenvalue weighted by Gasteiger charge is -2.22. The first kappa shape index (κ1) is 16.4. The minimum Gasteiger partial charge on any atom is -0.290 e. The summed E-state index contributed by atoms with van der Waals surface area (Å²) in [5, 5.41) is 6.15. The topological polar surface area (TPSA) is 35.9 Å². The average Bonchev–Trinajstić information content (AvgIpc) is 3.13. The molecule has 1 amide bonds. The SMILES string of the molecule is CCN(CC(=O)N1CCC(c2ccccc2)=N1)Cc1ccccc1. The molecule has 0 bridgehead atoms. The van der Waals surface area contributed by atoms with Crippen molar-refractivity contribution in [1.82, 2.24) is 9.91 Å². The summed E-state index contributed by atoms with van der Waals surface area (Å²) in [4.78, 5) is 14.7. The van der Waals surface area contributed by atoms with E-state index >= 15 is 0 Å². The fourth-order valence-corrected chi connectivity index (χ4v) is 2.86. The number of hydrazone groups is 1. The summed E-state index contributed by atoms with van der Waals surface area (Å²) in [5.41, 5.74) is 3.32. The summed E-state index contributed by atoms with van der Waals surface area (Å²) >= 11 is 0. The van der Waals surface area contributed by atoms with Gasteiger partial charge in [-0.1, -0.05) is 67.6 Å². The summed E-state index contributed by atoms with van der Waals surface area (Å²) in [7, 11) is 0. The monoisotopic (exact) mass is 321 g/mol. The average molecular weight is 321 g/mol. The number of rotatable bonds is 6. The van der Waals surface area contributed by atoms with Crippen LogP contribution in [0.25, 0.3) is 0 Å². The fraction of sp³-hybridized carbons (Fsp3) is 0.300. The predicted octanol–water partition coefficient (Wildman–Crippen LogP) is 3.15. The van der Waals surface area contributed by atoms with Crippen LogP contribution in [0.2, 0.25) is 0 Å². The number of carbonyl (C=O) groups is 1. The standard InChI is InChI=1S/C20H23N3O/c1-2-22(15-17-9-5-3-6-10-17)16-20(24)23-14-13-19(21-23)18-11-7-4-8-12-18/h3-12H,2,13-16H2,1H3. The van der Waals surface area contributed by atoms with Crippen LogP contribution in [0, 0.1) is 0 Å². The molecule has 0 aliphatic carbocycles. The van der Waals surface area contributed by atoms with Gasteiger partial charge in [-0.3, -0.25) is 9.69 Å². The molecule has 4 heteroatoms. The van der Waals surface area contributed by atoms with Crippen molar-refractivity contribution in [3.05, 3.63) is 71.8 Å². The highest BCUT2D eigenvalue weighted by Gasteiger charge is 2.22. The van der Waals surface area contributed by atoms with Crippen LogP contribution in [-0.4, -0.2) is 41.2 Å². The van der Waals surface area contributed by atoms with E-state index < -0.39 is 0 Å². The summed E-state index contributed by atoms with van der Waals surface area (Å²) in [6, 6.07) is 20.3. The molecule has 124 valence electrons. The van der Waals surface area contributed by atoms with Gasteiger partial charge in [-0.25, -0.2) is 5.01 Å². The quantitative estimate of drug-likeness (QED) is 0.819. The van der Waals surface area contributed by atoms with Crippen molar-refractivity contribution in [2.24, 2.45) is 5.10 Å². The molecular formula is C20H23N3O. The van der Waals surface area contributed by atoms with Crippen LogP contribution in [0.15, 0.2) is 65.8 Å². The van der Waals surface area contributed by atoms with Crippen molar-refractivity contribution in [3.8, 4) is 0 Å². The summed E-state index contributed by atoms with van der Waals surface area (Å²) in [6.45, 7) is 4.78. The van der Waals surface area contributed by atoms with Gasteiger partial charge >= 0.3 is 0 Å². The molecule has 3 rings (SSSR count). The zero-order valence-electron chi connectivity index (χ0n) is 14.1. The number of hydrogen-bond acceptors (Lipinski definition) is 3. The second kappa shape index (κ2) is 7.88. The Kier molecular flexibility index (Phi) is 5.39. The van der Waals surface area contributed by atoms with E-state index in [0.29, 0.717) is 13.1 Å². The van der Waals surface area contributed by atoms with Crippen molar-refractivity contribution in [1.29, 1.82) is 0 Å². The summed E-state index contributed by atoms with van der Waals surface area (Å²) in [5.74, 6) is 0.0683. The maximum Gasteiger partial charge on any atom is 0.256 e. The second-order valence-corrected chi connectivity index (χ2v) is 5.97. The fourth-order valence-electron chi connectivity index (χ4n) is 2.86. The number of carbonyl (C=O) groups excluding carboxylic acids is 1. The van der Waals surface area contributed by atoms with E-state index in [0.717, 1.165) is 30.8 Å². The minimum atomic E-state index is 0.0683. The van der Waals surface area contributed by atoms with E-state index in [1.54, 1.807) is 5.01 Å². The normalized spacial score (nSPS) is 14.1. The van der Waals surface area contributed by atoms with E-state index in [4.69, 9.17) is 0 Å². The van der Waals surface area contributed by atoms with Gasteiger partial charge in [0, 0.05) is 13.0 Å². The molecule has 0 fully saturated rings. The van der Waals surface area contributed by atoms with Gasteiger partial charge in [-0.15, -0.1) is 0 Å². The molecule has 0 aromatic heterocycles. The van der Waals surface area contributed by atoms with E-state index in [1.165, 1.54) is 5.56 Å². The molecule has 0 saturated carbocycles. The molecule has 24 heavy (non-hydrogen) atoms. The van der Waals surface area contributed by atoms with Crippen LogP contribution in [0.3, 0.4) is 0 Å². The van der Waals surface area contributed by atoms with Gasteiger partial charge in [0.15, 0.2) is 0 Å². The maximum atomic E-state index is 12.6. The molecular weight excluding hydrogens is 298 g/mol. The lowest BCUT2D eigenvalue weighted by Crippen LogP contribution is -2.36. The molecule has 1 aliphatic rings. The summed E-state index contributed by atoms with van der Waals surface area (Å²) in [6.07, 6.45) is 0.820. The van der Waals surface area contributed by atoms with Crippen LogP contribution in [0.5, 0.6) is 0 Å². The van der Waals surface area contributed by atoms with Crippen LogP contribution in [-0.2, 0) is 11.3 Å². The molecule has 1 aliphatic heterocycles. The van der Waals surface area contributed by atoms with Crippen molar-refractivity contribution in [2.75, 3.05) is 19.6 Å². The highest BCUT2D eigenvalue weighted by Crippen LogP contribution is 2.14. The Balaban J connectivity index is 1.61. The van der Waals surface area contributed by atoms with Gasteiger partial charge in [-0.2, -0.15) is 5.10 Å². The molecule has 2 aromatic rings. The van der Waals surface area contributed by atoms with Crippen molar-refractivity contribution >= 4 is 11.6 Å². The Morgan fingerprint density at radius 1 is 1.08 bits per heavy atom. The van der Waals surface area contributed by atoms with Crippen molar-refractivity contribution < 1.29 is 4.79 Å². The van der Waals surface area contributed by atoms with Crippen LogP contribution in [0.1, 0.15) is 24.5 Å². The van der Waals surface area contributed by atoms with Crippen molar-refractivity contribution in [3.63, 3.8) is 0 Å². The van der Waals surface area contributed by atoms with E-state index in [9.17, 15) is 4.79 Å². The third-order valence-electron chi connectivity index (χ3n) is 4.25. The Hall–Kier alpha value is -2.46. The zero-order valence-corrected chi connectivity index (χ0v) is 14.1. The van der Waals surface area contributed by atoms with E-state index in [-0.39, 0.29) is 5.91 Å². The molecule has 4 nitrogen and oxygen atoms in total. The first-order valence-electron chi connectivity index (χ1n) is 8.46. The number of benzene rings is 2. The molecule has 0 saturated heterocycles. The van der Waals surface area contributed by atoms with Crippen molar-refractivity contribution in [2.45, 2.75) is 19.9 Å². The first-order valence-corrected chi connectivity index (χ1v) is 8.46. The van der Waals surface area contributed by atoms with Crippen LogP contribution in [0.4, 0.5) is 0 Å². The van der Waals surface area contributed by atoms with E-state index in [2.05, 4.69) is 29.1 Å². The highest BCUT2D eigenvalue weighted by molar-refractivity contribution is 6.02. The molecule has 2 aromatic carbocycles. The molecule has 0 spiro atoms. The third kappa shape index (κ3) is 4.09. The van der Waals surface area contributed by atoms with Crippen LogP contribution < -0.4 is 0 Å². The van der Waals surface area contributed by atoms with Gasteiger partial charge in [-0.05, 0) is 17.7 Å². The smallest absolute Gasteiger partial charge is 0.256 e. The molecule has 0 unspecified atom stereocenters. The number of hydrogen-bond donors (Lipinski definition) is 0. The zero-order chi connectivity index (χ0) is 16.8. The largest absolute Gasteiger partial charge is 0.290 e. The number of nitrogens with zero attached hydrogens (tertiary/aromatic N) is 3. The number of amides is 1. The second-order valence-electron chi connectivity index (χ2n) is 5.97. The lowest BCUT2D eigenvalue weighted by atomic mass is 10.1. The molecule has 0 N–H and O–H groups in total. The van der Waals surface area contributed by atoms with E-state index in [1.807, 2.05) is 48.5 Å². The third-order valence-corrected chi connectivity index (χ3v) is 4.25. The van der Waals surface area contributed by atoms with Gasteiger partial charge < -0.3 is 0 Å². The maximum absolute atomic E-state index is 12.6. The Morgan fingerprint density at radius 2 is 1.75 bits per heavy atom.